The van der Waals surface area contributed by atoms with Crippen molar-refractivity contribution in [3.8, 4) is 5.75 Å². The fourth-order valence-corrected chi connectivity index (χ4v) is 2.39. The average Bonchev–Trinajstić information content (AvgIpc) is 2.54. The first-order valence-electron chi connectivity index (χ1n) is 4.52. The highest BCUT2D eigenvalue weighted by Crippen LogP contribution is 2.33. The summed E-state index contributed by atoms with van der Waals surface area (Å²) in [6.45, 7) is 0. The Hall–Kier alpha value is -1.93. The molecule has 3 N–H and O–H groups in total. The number of phenolic OH excluding ortho intramolecular Hbond substituents is 1. The molecule has 0 saturated heterocycles. The van der Waals surface area contributed by atoms with E-state index in [2.05, 4.69) is 5.11 Å². The highest BCUT2D eigenvalue weighted by atomic mass is 32.2. The van der Waals surface area contributed by atoms with E-state index in [1.807, 2.05) is 0 Å². The van der Waals surface area contributed by atoms with E-state index in [1.54, 1.807) is 0 Å². The van der Waals surface area contributed by atoms with E-state index in [4.69, 9.17) is 10.1 Å². The Morgan fingerprint density at radius 2 is 2.00 bits per heavy atom. The Morgan fingerprint density at radius 3 is 2.53 bits per heavy atom. The lowest BCUT2D eigenvalue weighted by Crippen LogP contribution is -2.04. The number of hydrogen-bond donors (Lipinski definition) is 3. The van der Waals surface area contributed by atoms with Crippen LogP contribution in [0.1, 0.15) is 0 Å². The third kappa shape index (κ3) is 1.77. The van der Waals surface area contributed by atoms with Gasteiger partial charge >= 0.3 is 10.1 Å². The van der Waals surface area contributed by atoms with Gasteiger partial charge in [0.05, 0.1) is 5.52 Å². The zero-order valence-corrected chi connectivity index (χ0v) is 9.56. The van der Waals surface area contributed by atoms with Gasteiger partial charge in [-0.1, -0.05) is 0 Å². The van der Waals surface area contributed by atoms with Gasteiger partial charge < -0.3 is 9.67 Å². The van der Waals surface area contributed by atoms with Gasteiger partial charge in [0.1, 0.15) is 11.4 Å². The minimum absolute atomic E-state index is 0.0324. The van der Waals surface area contributed by atoms with Gasteiger partial charge in [-0.25, -0.2) is 5.53 Å². The predicted octanol–water partition coefficient (Wildman–Crippen LogP) is 1.79. The van der Waals surface area contributed by atoms with E-state index < -0.39 is 10.1 Å². The largest absolute Gasteiger partial charge is 0.506 e. The van der Waals surface area contributed by atoms with Crippen molar-refractivity contribution in [2.24, 2.45) is 12.2 Å². The van der Waals surface area contributed by atoms with Gasteiger partial charge in [-0.2, -0.15) is 13.5 Å². The molecule has 0 saturated carbocycles. The Balaban J connectivity index is 2.88. The van der Waals surface area contributed by atoms with Crippen molar-refractivity contribution in [2.75, 3.05) is 0 Å². The van der Waals surface area contributed by atoms with Crippen molar-refractivity contribution in [1.29, 1.82) is 5.53 Å². The van der Waals surface area contributed by atoms with Gasteiger partial charge in [-0.05, 0) is 12.1 Å². The summed E-state index contributed by atoms with van der Waals surface area (Å²) < 4.78 is 32.4. The lowest BCUT2D eigenvalue weighted by Gasteiger charge is -2.01. The van der Waals surface area contributed by atoms with Crippen molar-refractivity contribution >= 4 is 26.7 Å². The molecular formula is C9H9N3O4S. The maximum atomic E-state index is 11.1. The minimum atomic E-state index is -4.32. The molecule has 2 rings (SSSR count). The summed E-state index contributed by atoms with van der Waals surface area (Å²) in [4.78, 5) is 0. The van der Waals surface area contributed by atoms with E-state index in [-0.39, 0.29) is 16.5 Å². The number of nitrogens with zero attached hydrogens (tertiary/aromatic N) is 2. The maximum absolute atomic E-state index is 11.1. The van der Waals surface area contributed by atoms with E-state index in [0.29, 0.717) is 10.9 Å². The molecule has 0 fully saturated rings. The van der Waals surface area contributed by atoms with Gasteiger partial charge in [-0.3, -0.25) is 4.55 Å². The molecule has 0 spiro atoms. The molecule has 0 atom stereocenters. The second-order valence-corrected chi connectivity index (χ2v) is 4.90. The molecule has 17 heavy (non-hydrogen) atoms. The highest BCUT2D eigenvalue weighted by Gasteiger charge is 2.18. The van der Waals surface area contributed by atoms with Crippen LogP contribution in [0.4, 0.5) is 5.69 Å². The third-order valence-electron chi connectivity index (χ3n) is 2.48. The van der Waals surface area contributed by atoms with E-state index in [0.717, 1.165) is 0 Å². The average molecular weight is 255 g/mol. The van der Waals surface area contributed by atoms with E-state index >= 15 is 0 Å². The summed E-state index contributed by atoms with van der Waals surface area (Å²) in [6.07, 6.45) is 0. The molecular weight excluding hydrogens is 246 g/mol. The SMILES string of the molecule is Cn1c(S(=O)(=O)O)cc2cc(N=N)c(O)cc21. The minimum Gasteiger partial charge on any atom is -0.506 e. The van der Waals surface area contributed by atoms with Crippen LogP contribution < -0.4 is 0 Å². The van der Waals surface area contributed by atoms with Crippen LogP contribution in [0.15, 0.2) is 28.3 Å². The lowest BCUT2D eigenvalue weighted by atomic mass is 10.2. The van der Waals surface area contributed by atoms with Crippen molar-refractivity contribution in [1.82, 2.24) is 4.57 Å². The normalized spacial score (nSPS) is 11.9. The quantitative estimate of drug-likeness (QED) is 0.560. The van der Waals surface area contributed by atoms with Gasteiger partial charge in [0.15, 0.2) is 5.03 Å². The summed E-state index contributed by atoms with van der Waals surface area (Å²) in [7, 11) is -2.88. The van der Waals surface area contributed by atoms with Crippen molar-refractivity contribution < 1.29 is 18.1 Å². The number of phenols is 1. The number of rotatable bonds is 2. The monoisotopic (exact) mass is 255 g/mol. The fourth-order valence-electron chi connectivity index (χ4n) is 1.67. The Labute approximate surface area is 96.6 Å². The molecule has 0 aliphatic rings. The predicted molar refractivity (Wildman–Crippen MR) is 59.2 cm³/mol. The Morgan fingerprint density at radius 1 is 1.35 bits per heavy atom. The standard InChI is InChI=1S/C9H9N3O4S/c1-12-7-4-8(13)6(11-10)2-5(7)3-9(12)17(14,15)16/h2-4,10,13H,1H3,(H,14,15,16). The van der Waals surface area contributed by atoms with Crippen LogP contribution in [0.3, 0.4) is 0 Å². The molecule has 1 aromatic heterocycles. The Kier molecular flexibility index (Phi) is 2.40. The smallest absolute Gasteiger partial charge is 0.310 e. The fraction of sp³-hybridized carbons (Fsp3) is 0.111. The lowest BCUT2D eigenvalue weighted by molar-refractivity contribution is 0.473. The molecule has 0 aliphatic heterocycles. The molecule has 0 bridgehead atoms. The molecule has 2 aromatic rings. The van der Waals surface area contributed by atoms with Crippen molar-refractivity contribution in [3.05, 3.63) is 18.2 Å². The van der Waals surface area contributed by atoms with Crippen LogP contribution in [0.2, 0.25) is 0 Å². The number of aromatic hydroxyl groups is 1. The third-order valence-corrected chi connectivity index (χ3v) is 3.40. The molecule has 90 valence electrons. The number of aryl methyl sites for hydroxylation is 1. The van der Waals surface area contributed by atoms with Gasteiger partial charge in [0.2, 0.25) is 0 Å². The first-order chi connectivity index (χ1) is 7.84. The summed E-state index contributed by atoms with van der Waals surface area (Å²) in [5, 5.41) is 12.8. The van der Waals surface area contributed by atoms with Crippen molar-refractivity contribution in [2.45, 2.75) is 5.03 Å². The van der Waals surface area contributed by atoms with Gasteiger partial charge in [0.25, 0.3) is 0 Å². The molecule has 0 radical (unpaired) electrons. The molecule has 1 aromatic carbocycles. The summed E-state index contributed by atoms with van der Waals surface area (Å²) >= 11 is 0. The zero-order valence-electron chi connectivity index (χ0n) is 8.75. The van der Waals surface area contributed by atoms with Crippen LogP contribution in [0.5, 0.6) is 5.75 Å². The van der Waals surface area contributed by atoms with Crippen LogP contribution in [-0.4, -0.2) is 22.6 Å². The van der Waals surface area contributed by atoms with Crippen molar-refractivity contribution in [3.63, 3.8) is 0 Å². The zero-order chi connectivity index (χ0) is 12.8. The summed E-state index contributed by atoms with van der Waals surface area (Å²) in [5.41, 5.74) is 7.29. The van der Waals surface area contributed by atoms with Crippen LogP contribution in [0, 0.1) is 5.53 Å². The number of aromatic nitrogens is 1. The molecule has 8 heteroatoms. The number of hydrogen-bond acceptors (Lipinski definition) is 5. The Bertz CT molecular complexity index is 717. The first-order valence-corrected chi connectivity index (χ1v) is 5.96. The van der Waals surface area contributed by atoms with Crippen LogP contribution in [0.25, 0.3) is 10.9 Å². The summed E-state index contributed by atoms with van der Waals surface area (Å²) in [6, 6.07) is 3.91. The maximum Gasteiger partial charge on any atom is 0.310 e. The first kappa shape index (κ1) is 11.6. The molecule has 0 amide bonds. The second-order valence-electron chi connectivity index (χ2n) is 3.53. The van der Waals surface area contributed by atoms with Gasteiger partial charge in [0, 0.05) is 18.5 Å². The number of benzene rings is 1. The molecule has 7 nitrogen and oxygen atoms in total. The number of fused-ring (bicyclic) bond motifs is 1. The molecule has 0 unspecified atom stereocenters. The number of nitrogens with one attached hydrogen (secondary N) is 1. The molecule has 1 heterocycles. The van der Waals surface area contributed by atoms with E-state index in [9.17, 15) is 13.5 Å². The van der Waals surface area contributed by atoms with Crippen LogP contribution >= 0.6 is 0 Å². The van der Waals surface area contributed by atoms with E-state index in [1.165, 1.54) is 29.8 Å². The topological polar surface area (TPSA) is 116 Å². The van der Waals surface area contributed by atoms with Gasteiger partial charge in [-0.15, -0.1) is 0 Å². The van der Waals surface area contributed by atoms with Crippen LogP contribution in [-0.2, 0) is 17.2 Å². The highest BCUT2D eigenvalue weighted by molar-refractivity contribution is 7.85. The second kappa shape index (κ2) is 3.54. The summed E-state index contributed by atoms with van der Waals surface area (Å²) in [5.74, 6) is -0.226. The molecule has 0 aliphatic carbocycles.